The lowest BCUT2D eigenvalue weighted by molar-refractivity contribution is 0.103. The summed E-state index contributed by atoms with van der Waals surface area (Å²) in [7, 11) is 0. The minimum atomic E-state index is 0.0735. The second kappa shape index (κ2) is 6.49. The van der Waals surface area contributed by atoms with Gasteiger partial charge >= 0.3 is 0 Å². The van der Waals surface area contributed by atoms with Gasteiger partial charge in [-0.15, -0.1) is 0 Å². The van der Waals surface area contributed by atoms with E-state index >= 15 is 0 Å². The number of hydrogen-bond donors (Lipinski definition) is 1. The van der Waals surface area contributed by atoms with E-state index in [0.717, 1.165) is 23.1 Å². The average molecular weight is 267 g/mol. The van der Waals surface area contributed by atoms with E-state index in [1.165, 1.54) is 5.56 Å². The van der Waals surface area contributed by atoms with Crippen molar-refractivity contribution in [3.63, 3.8) is 0 Å². The first kappa shape index (κ1) is 14.5. The highest BCUT2D eigenvalue weighted by Gasteiger charge is 2.13. The smallest absolute Gasteiger partial charge is 0.193 e. The molecule has 0 spiro atoms. The molecular formula is C18H21NO. The third kappa shape index (κ3) is 3.14. The van der Waals surface area contributed by atoms with Crippen LogP contribution in [0.25, 0.3) is 0 Å². The number of carbonyl (C=O) groups is 1. The van der Waals surface area contributed by atoms with Crippen molar-refractivity contribution in [3.05, 3.63) is 70.8 Å². The van der Waals surface area contributed by atoms with Gasteiger partial charge in [0.1, 0.15) is 0 Å². The van der Waals surface area contributed by atoms with Crippen molar-refractivity contribution in [3.8, 4) is 0 Å². The molecule has 0 bridgehead atoms. The molecule has 0 fully saturated rings. The molecule has 104 valence electrons. The van der Waals surface area contributed by atoms with Gasteiger partial charge in [0.25, 0.3) is 0 Å². The zero-order valence-corrected chi connectivity index (χ0v) is 12.1. The Morgan fingerprint density at radius 1 is 1.05 bits per heavy atom. The molecule has 0 unspecified atom stereocenters. The standard InChI is InChI=1S/C18H21NO/c1-13(2)14-7-9-16(10-8-14)18(20)17-6-4-3-5-15(17)11-12-19/h3-10,13H,11-12,19H2,1-2H3. The molecule has 2 rings (SSSR count). The highest BCUT2D eigenvalue weighted by Crippen LogP contribution is 2.18. The fourth-order valence-corrected chi connectivity index (χ4v) is 2.29. The lowest BCUT2D eigenvalue weighted by atomic mass is 9.94. The summed E-state index contributed by atoms with van der Waals surface area (Å²) in [5.74, 6) is 0.549. The summed E-state index contributed by atoms with van der Waals surface area (Å²) in [6.45, 7) is 4.84. The summed E-state index contributed by atoms with van der Waals surface area (Å²) in [4.78, 5) is 12.6. The van der Waals surface area contributed by atoms with Crippen LogP contribution in [0.2, 0.25) is 0 Å². The minimum Gasteiger partial charge on any atom is -0.330 e. The van der Waals surface area contributed by atoms with Crippen molar-refractivity contribution in [2.75, 3.05) is 6.54 Å². The monoisotopic (exact) mass is 267 g/mol. The summed E-state index contributed by atoms with van der Waals surface area (Å²) in [5, 5.41) is 0. The third-order valence-corrected chi connectivity index (χ3v) is 3.52. The Hall–Kier alpha value is -1.93. The first-order valence-corrected chi connectivity index (χ1v) is 7.06. The van der Waals surface area contributed by atoms with Crippen LogP contribution in [0.15, 0.2) is 48.5 Å². The fraction of sp³-hybridized carbons (Fsp3) is 0.278. The van der Waals surface area contributed by atoms with E-state index in [-0.39, 0.29) is 5.78 Å². The topological polar surface area (TPSA) is 43.1 Å². The van der Waals surface area contributed by atoms with Crippen molar-refractivity contribution >= 4 is 5.78 Å². The van der Waals surface area contributed by atoms with Gasteiger partial charge in [-0.3, -0.25) is 4.79 Å². The lowest BCUT2D eigenvalue weighted by Gasteiger charge is -2.09. The molecule has 2 heteroatoms. The number of carbonyl (C=O) groups excluding carboxylic acids is 1. The van der Waals surface area contributed by atoms with E-state index in [1.54, 1.807) is 0 Å². The Bertz CT molecular complexity index is 585. The Kier molecular flexibility index (Phi) is 4.70. The van der Waals surface area contributed by atoms with E-state index in [1.807, 2.05) is 48.5 Å². The number of benzene rings is 2. The summed E-state index contributed by atoms with van der Waals surface area (Å²) in [6.07, 6.45) is 0.728. The van der Waals surface area contributed by atoms with Crippen LogP contribution in [0.3, 0.4) is 0 Å². The first-order valence-electron chi connectivity index (χ1n) is 7.06. The second-order valence-corrected chi connectivity index (χ2v) is 5.30. The van der Waals surface area contributed by atoms with E-state index in [0.29, 0.717) is 12.5 Å². The van der Waals surface area contributed by atoms with Crippen LogP contribution < -0.4 is 5.73 Å². The molecular weight excluding hydrogens is 246 g/mol. The third-order valence-electron chi connectivity index (χ3n) is 3.52. The molecule has 0 aliphatic heterocycles. The van der Waals surface area contributed by atoms with Crippen LogP contribution in [0.1, 0.15) is 46.8 Å². The molecule has 0 aromatic heterocycles. The Labute approximate surface area is 120 Å². The van der Waals surface area contributed by atoms with Gasteiger partial charge in [-0.25, -0.2) is 0 Å². The Morgan fingerprint density at radius 3 is 2.30 bits per heavy atom. The summed E-state index contributed by atoms with van der Waals surface area (Å²) >= 11 is 0. The van der Waals surface area contributed by atoms with Crippen LogP contribution in [0.5, 0.6) is 0 Å². The van der Waals surface area contributed by atoms with E-state index in [2.05, 4.69) is 13.8 Å². The summed E-state index contributed by atoms with van der Waals surface area (Å²) < 4.78 is 0. The second-order valence-electron chi connectivity index (χ2n) is 5.30. The SMILES string of the molecule is CC(C)c1ccc(C(=O)c2ccccc2CCN)cc1. The highest BCUT2D eigenvalue weighted by atomic mass is 16.1. The minimum absolute atomic E-state index is 0.0735. The Balaban J connectivity index is 2.31. The van der Waals surface area contributed by atoms with Crippen molar-refractivity contribution in [1.29, 1.82) is 0 Å². The summed E-state index contributed by atoms with van der Waals surface area (Å²) in [5.41, 5.74) is 9.37. The van der Waals surface area contributed by atoms with Crippen molar-refractivity contribution in [1.82, 2.24) is 0 Å². The van der Waals surface area contributed by atoms with E-state index < -0.39 is 0 Å². The molecule has 0 radical (unpaired) electrons. The largest absolute Gasteiger partial charge is 0.330 e. The maximum atomic E-state index is 12.6. The predicted molar refractivity (Wildman–Crippen MR) is 83.2 cm³/mol. The maximum absolute atomic E-state index is 12.6. The zero-order chi connectivity index (χ0) is 14.5. The highest BCUT2D eigenvalue weighted by molar-refractivity contribution is 6.09. The van der Waals surface area contributed by atoms with E-state index in [9.17, 15) is 4.79 Å². The molecule has 20 heavy (non-hydrogen) atoms. The van der Waals surface area contributed by atoms with Crippen molar-refractivity contribution in [2.24, 2.45) is 5.73 Å². The van der Waals surface area contributed by atoms with Crippen LogP contribution in [0, 0.1) is 0 Å². The van der Waals surface area contributed by atoms with Crippen molar-refractivity contribution in [2.45, 2.75) is 26.2 Å². The molecule has 2 aromatic carbocycles. The summed E-state index contributed by atoms with van der Waals surface area (Å²) in [6, 6.07) is 15.6. The number of rotatable bonds is 5. The molecule has 0 saturated heterocycles. The molecule has 2 aromatic rings. The van der Waals surface area contributed by atoms with Gasteiger partial charge in [0.05, 0.1) is 0 Å². The van der Waals surface area contributed by atoms with Gasteiger partial charge in [-0.05, 0) is 30.0 Å². The van der Waals surface area contributed by atoms with Crippen LogP contribution in [0.4, 0.5) is 0 Å². The zero-order valence-electron chi connectivity index (χ0n) is 12.1. The van der Waals surface area contributed by atoms with Gasteiger partial charge < -0.3 is 5.73 Å². The average Bonchev–Trinajstić information content (AvgIpc) is 2.47. The fourth-order valence-electron chi connectivity index (χ4n) is 2.29. The Morgan fingerprint density at radius 2 is 1.70 bits per heavy atom. The van der Waals surface area contributed by atoms with Crippen molar-refractivity contribution < 1.29 is 4.79 Å². The first-order chi connectivity index (χ1) is 9.63. The predicted octanol–water partition coefficient (Wildman–Crippen LogP) is 3.54. The molecule has 0 amide bonds. The molecule has 0 atom stereocenters. The molecule has 0 saturated carbocycles. The normalized spacial score (nSPS) is 10.8. The maximum Gasteiger partial charge on any atom is 0.193 e. The number of ketones is 1. The number of hydrogen-bond acceptors (Lipinski definition) is 2. The van der Waals surface area contributed by atoms with Gasteiger partial charge in [0.15, 0.2) is 5.78 Å². The quantitative estimate of drug-likeness (QED) is 0.842. The van der Waals surface area contributed by atoms with E-state index in [4.69, 9.17) is 5.73 Å². The lowest BCUT2D eigenvalue weighted by Crippen LogP contribution is -2.10. The molecule has 0 aliphatic rings. The van der Waals surface area contributed by atoms with Gasteiger partial charge in [-0.1, -0.05) is 62.4 Å². The molecule has 2 nitrogen and oxygen atoms in total. The molecule has 2 N–H and O–H groups in total. The van der Waals surface area contributed by atoms with Gasteiger partial charge in [-0.2, -0.15) is 0 Å². The van der Waals surface area contributed by atoms with Gasteiger partial charge in [0.2, 0.25) is 0 Å². The van der Waals surface area contributed by atoms with Crippen LogP contribution in [-0.2, 0) is 6.42 Å². The number of nitrogens with two attached hydrogens (primary N) is 1. The molecule has 0 heterocycles. The van der Waals surface area contributed by atoms with Gasteiger partial charge in [0, 0.05) is 11.1 Å². The van der Waals surface area contributed by atoms with Crippen LogP contribution >= 0.6 is 0 Å². The molecule has 0 aliphatic carbocycles. The van der Waals surface area contributed by atoms with Crippen LogP contribution in [-0.4, -0.2) is 12.3 Å².